The number of carboxylic acids is 1. The van der Waals surface area contributed by atoms with Crippen LogP contribution in [0.15, 0.2) is 138 Å². The van der Waals surface area contributed by atoms with Gasteiger partial charge >= 0.3 is 5.97 Å². The van der Waals surface area contributed by atoms with E-state index in [1.54, 1.807) is 67.6 Å². The molecule has 0 radical (unpaired) electrons. The van der Waals surface area contributed by atoms with Crippen LogP contribution in [0.1, 0.15) is 42.7 Å². The van der Waals surface area contributed by atoms with Gasteiger partial charge in [0.15, 0.2) is 0 Å². The molecule has 0 fully saturated rings. The molecule has 0 spiro atoms. The van der Waals surface area contributed by atoms with Crippen LogP contribution >= 0.6 is 11.8 Å². The van der Waals surface area contributed by atoms with E-state index >= 15 is 0 Å². The Balaban J connectivity index is 1.34. The zero-order valence-electron chi connectivity index (χ0n) is 25.6. The van der Waals surface area contributed by atoms with Crippen LogP contribution in [-0.4, -0.2) is 28.8 Å². The van der Waals surface area contributed by atoms with Crippen molar-refractivity contribution in [2.24, 2.45) is 0 Å². The third-order valence-corrected chi connectivity index (χ3v) is 8.43. The molecule has 0 bridgehead atoms. The fraction of sp³-hybridized carbons (Fsp3) is 0.0526. The molecule has 8 nitrogen and oxygen atoms in total. The Bertz CT molecular complexity index is 1970. The molecular weight excluding hydrogens is 629 g/mol. The Morgan fingerprint density at radius 1 is 0.750 bits per heavy atom. The molecule has 0 aliphatic carbocycles. The Labute approximate surface area is 280 Å². The number of carbonyl (C=O) groups excluding carboxylic acids is 3. The highest BCUT2D eigenvalue weighted by Gasteiger charge is 2.23. The number of rotatable bonds is 11. The second-order valence-corrected chi connectivity index (χ2v) is 11.8. The third-order valence-electron chi connectivity index (χ3n) is 7.16. The summed E-state index contributed by atoms with van der Waals surface area (Å²) >= 11 is 1.29. The molecule has 240 valence electrons. The second kappa shape index (κ2) is 15.5. The van der Waals surface area contributed by atoms with E-state index in [0.717, 1.165) is 16.0 Å². The van der Waals surface area contributed by atoms with Crippen LogP contribution in [0.2, 0.25) is 0 Å². The standard InChI is InChI=1S/C38H30FN3O5S/c1-24-12-15-28(38(46)47)23-32(24)41-37(45)34(26-8-4-2-5-9-26)48-31-20-18-30(19-21-31)40-36(44)33(22-25-13-16-29(39)17-14-25)42-35(43)27-10-6-3-7-11-27/h2-23,34H,1H3,(H,40,44)(H,41,45)(H,42,43)(H,46,47)/b33-22-. The Hall–Kier alpha value is -6.00. The molecule has 3 amide bonds. The molecular formula is C38H30FN3O5S. The van der Waals surface area contributed by atoms with E-state index in [9.17, 15) is 28.7 Å². The molecule has 0 saturated carbocycles. The van der Waals surface area contributed by atoms with Gasteiger partial charge in [0.2, 0.25) is 5.91 Å². The lowest BCUT2D eigenvalue weighted by Crippen LogP contribution is -2.30. The number of carbonyl (C=O) groups is 4. The molecule has 0 saturated heterocycles. The fourth-order valence-electron chi connectivity index (χ4n) is 4.61. The summed E-state index contributed by atoms with van der Waals surface area (Å²) in [5.74, 6) is -2.94. The predicted octanol–water partition coefficient (Wildman–Crippen LogP) is 7.71. The number of amides is 3. The van der Waals surface area contributed by atoms with Gasteiger partial charge in [-0.15, -0.1) is 11.8 Å². The summed E-state index contributed by atoms with van der Waals surface area (Å²) in [6, 6.07) is 34.5. The molecule has 4 N–H and O–H groups in total. The molecule has 5 rings (SSSR count). The van der Waals surface area contributed by atoms with E-state index in [1.807, 2.05) is 30.3 Å². The SMILES string of the molecule is Cc1ccc(C(=O)O)cc1NC(=O)C(Sc1ccc(NC(=O)/C(=C/c2ccc(F)cc2)NC(=O)c2ccccc2)cc1)c1ccccc1. The maximum Gasteiger partial charge on any atom is 0.335 e. The van der Waals surface area contributed by atoms with E-state index in [0.29, 0.717) is 22.5 Å². The zero-order valence-corrected chi connectivity index (χ0v) is 26.5. The number of nitrogens with one attached hydrogen (secondary N) is 3. The van der Waals surface area contributed by atoms with Gasteiger partial charge in [0.05, 0.1) is 5.56 Å². The van der Waals surface area contributed by atoms with Gasteiger partial charge in [-0.1, -0.05) is 66.7 Å². The van der Waals surface area contributed by atoms with Crippen molar-refractivity contribution >= 4 is 52.9 Å². The molecule has 48 heavy (non-hydrogen) atoms. The van der Waals surface area contributed by atoms with E-state index < -0.39 is 28.9 Å². The van der Waals surface area contributed by atoms with Crippen LogP contribution in [0.3, 0.4) is 0 Å². The summed E-state index contributed by atoms with van der Waals surface area (Å²) in [6.07, 6.45) is 1.46. The van der Waals surface area contributed by atoms with Crippen molar-refractivity contribution in [3.8, 4) is 0 Å². The van der Waals surface area contributed by atoms with Crippen molar-refractivity contribution in [3.05, 3.63) is 167 Å². The van der Waals surface area contributed by atoms with Crippen LogP contribution in [-0.2, 0) is 9.59 Å². The van der Waals surface area contributed by atoms with Crippen LogP contribution in [0, 0.1) is 12.7 Å². The first kappa shape index (κ1) is 33.4. The molecule has 0 heterocycles. The van der Waals surface area contributed by atoms with Crippen molar-refractivity contribution < 1.29 is 28.7 Å². The topological polar surface area (TPSA) is 125 Å². The number of anilines is 2. The van der Waals surface area contributed by atoms with Gasteiger partial charge < -0.3 is 21.1 Å². The zero-order chi connectivity index (χ0) is 34.0. The largest absolute Gasteiger partial charge is 0.478 e. The average Bonchev–Trinajstić information content (AvgIpc) is 3.10. The van der Waals surface area contributed by atoms with Gasteiger partial charge in [-0.25, -0.2) is 9.18 Å². The van der Waals surface area contributed by atoms with Gasteiger partial charge in [-0.05, 0) is 90.4 Å². The normalized spacial score (nSPS) is 11.7. The number of aromatic carboxylic acids is 1. The lowest BCUT2D eigenvalue weighted by atomic mass is 10.1. The Morgan fingerprint density at radius 2 is 1.40 bits per heavy atom. The number of hydrogen-bond acceptors (Lipinski definition) is 5. The summed E-state index contributed by atoms with van der Waals surface area (Å²) < 4.78 is 13.5. The van der Waals surface area contributed by atoms with Crippen molar-refractivity contribution in [1.29, 1.82) is 0 Å². The van der Waals surface area contributed by atoms with Crippen LogP contribution in [0.4, 0.5) is 15.8 Å². The highest BCUT2D eigenvalue weighted by molar-refractivity contribution is 8.00. The van der Waals surface area contributed by atoms with Gasteiger partial charge in [0.25, 0.3) is 11.8 Å². The predicted molar refractivity (Wildman–Crippen MR) is 185 cm³/mol. The van der Waals surface area contributed by atoms with E-state index in [-0.39, 0.29) is 17.2 Å². The third kappa shape index (κ3) is 8.83. The van der Waals surface area contributed by atoms with Gasteiger partial charge in [0, 0.05) is 21.8 Å². The number of thioether (sulfide) groups is 1. The number of aryl methyl sites for hydroxylation is 1. The molecule has 0 aliphatic rings. The summed E-state index contributed by atoms with van der Waals surface area (Å²) in [5, 5.41) is 17.0. The number of carboxylic acid groups (broad SMARTS) is 1. The van der Waals surface area contributed by atoms with Gasteiger partial charge in [-0.3, -0.25) is 14.4 Å². The van der Waals surface area contributed by atoms with E-state index in [1.165, 1.54) is 54.2 Å². The molecule has 5 aromatic rings. The molecule has 10 heteroatoms. The van der Waals surface area contributed by atoms with E-state index in [2.05, 4.69) is 16.0 Å². The Kier molecular flexibility index (Phi) is 10.8. The number of hydrogen-bond donors (Lipinski definition) is 4. The van der Waals surface area contributed by atoms with Crippen LogP contribution in [0.5, 0.6) is 0 Å². The number of halogens is 1. The molecule has 0 aliphatic heterocycles. The first-order valence-corrected chi connectivity index (χ1v) is 15.7. The highest BCUT2D eigenvalue weighted by Crippen LogP contribution is 2.37. The van der Waals surface area contributed by atoms with Crippen LogP contribution in [0.25, 0.3) is 6.08 Å². The van der Waals surface area contributed by atoms with Crippen LogP contribution < -0.4 is 16.0 Å². The van der Waals surface area contributed by atoms with Gasteiger partial charge in [0.1, 0.15) is 16.8 Å². The summed E-state index contributed by atoms with van der Waals surface area (Å²) in [7, 11) is 0. The molecule has 1 atom stereocenters. The monoisotopic (exact) mass is 659 g/mol. The summed E-state index contributed by atoms with van der Waals surface area (Å²) in [6.45, 7) is 1.78. The summed E-state index contributed by atoms with van der Waals surface area (Å²) in [5.41, 5.74) is 3.20. The lowest BCUT2D eigenvalue weighted by Gasteiger charge is -2.18. The van der Waals surface area contributed by atoms with Gasteiger partial charge in [-0.2, -0.15) is 0 Å². The highest BCUT2D eigenvalue weighted by atomic mass is 32.2. The molecule has 5 aromatic carbocycles. The van der Waals surface area contributed by atoms with Crippen molar-refractivity contribution in [2.45, 2.75) is 17.1 Å². The average molecular weight is 660 g/mol. The van der Waals surface area contributed by atoms with Crippen molar-refractivity contribution in [1.82, 2.24) is 5.32 Å². The maximum atomic E-state index is 13.6. The molecule has 1 unspecified atom stereocenters. The fourth-order valence-corrected chi connectivity index (χ4v) is 5.63. The first-order chi connectivity index (χ1) is 23.2. The van der Waals surface area contributed by atoms with Crippen molar-refractivity contribution in [2.75, 3.05) is 10.6 Å². The smallest absolute Gasteiger partial charge is 0.335 e. The van der Waals surface area contributed by atoms with Crippen molar-refractivity contribution in [3.63, 3.8) is 0 Å². The Morgan fingerprint density at radius 3 is 2.04 bits per heavy atom. The molecule has 0 aromatic heterocycles. The minimum Gasteiger partial charge on any atom is -0.478 e. The minimum absolute atomic E-state index is 0.0445. The number of benzene rings is 5. The maximum absolute atomic E-state index is 13.6. The van der Waals surface area contributed by atoms with E-state index in [4.69, 9.17) is 0 Å². The lowest BCUT2D eigenvalue weighted by molar-refractivity contribution is -0.116. The second-order valence-electron chi connectivity index (χ2n) is 10.6. The quantitative estimate of drug-likeness (QED) is 0.0851. The minimum atomic E-state index is -1.09. The summed E-state index contributed by atoms with van der Waals surface area (Å²) in [4.78, 5) is 52.1. The first-order valence-electron chi connectivity index (χ1n) is 14.8.